The van der Waals surface area contributed by atoms with E-state index in [4.69, 9.17) is 11.6 Å². The molecule has 0 amide bonds. The van der Waals surface area contributed by atoms with Gasteiger partial charge in [0.2, 0.25) is 0 Å². The van der Waals surface area contributed by atoms with E-state index in [0.29, 0.717) is 0 Å². The highest BCUT2D eigenvalue weighted by molar-refractivity contribution is 14.0. The van der Waals surface area contributed by atoms with E-state index in [1.807, 2.05) is 12.3 Å². The van der Waals surface area contributed by atoms with Crippen LogP contribution in [0.3, 0.4) is 0 Å². The van der Waals surface area contributed by atoms with Gasteiger partial charge in [-0.25, -0.2) is 4.98 Å². The summed E-state index contributed by atoms with van der Waals surface area (Å²) < 4.78 is 0.839. The van der Waals surface area contributed by atoms with Crippen molar-refractivity contribution in [3.63, 3.8) is 0 Å². The quantitative estimate of drug-likeness (QED) is 0.384. The summed E-state index contributed by atoms with van der Waals surface area (Å²) >= 11 is 9.28. The van der Waals surface area contributed by atoms with E-state index >= 15 is 0 Å². The van der Waals surface area contributed by atoms with Crippen molar-refractivity contribution in [1.29, 1.82) is 0 Å². The number of nitrogens with zero attached hydrogens (tertiary/aromatic N) is 2. The fourth-order valence-corrected chi connectivity index (χ4v) is 3.69. The van der Waals surface area contributed by atoms with E-state index in [9.17, 15) is 0 Å². The summed E-state index contributed by atoms with van der Waals surface area (Å²) in [6.45, 7) is 3.75. The third-order valence-corrected chi connectivity index (χ3v) is 5.08. The Morgan fingerprint density at radius 3 is 2.50 bits per heavy atom. The van der Waals surface area contributed by atoms with Crippen molar-refractivity contribution in [2.75, 3.05) is 20.1 Å². The van der Waals surface area contributed by atoms with E-state index in [0.717, 1.165) is 41.2 Å². The summed E-state index contributed by atoms with van der Waals surface area (Å²) in [5.41, 5.74) is 0. The van der Waals surface area contributed by atoms with Gasteiger partial charge < -0.3 is 10.6 Å². The number of aromatic nitrogens is 1. The first-order valence-electron chi connectivity index (χ1n) is 6.77. The SMILES string of the molecule is CN=C(NCCc1ccc(Cl)s1)NCCc1ncc(C)s1.I. The van der Waals surface area contributed by atoms with Crippen LogP contribution in [0.1, 0.15) is 14.8 Å². The van der Waals surface area contributed by atoms with E-state index in [1.54, 1.807) is 29.7 Å². The average molecular weight is 471 g/mol. The number of thiophene rings is 1. The average Bonchev–Trinajstić information content (AvgIpc) is 3.06. The van der Waals surface area contributed by atoms with Crippen LogP contribution in [-0.4, -0.2) is 31.1 Å². The van der Waals surface area contributed by atoms with Crippen molar-refractivity contribution in [3.8, 4) is 0 Å². The van der Waals surface area contributed by atoms with E-state index in [2.05, 4.69) is 33.6 Å². The van der Waals surface area contributed by atoms with Gasteiger partial charge in [-0.2, -0.15) is 0 Å². The van der Waals surface area contributed by atoms with Crippen molar-refractivity contribution in [1.82, 2.24) is 15.6 Å². The van der Waals surface area contributed by atoms with Gasteiger partial charge in [-0.15, -0.1) is 46.7 Å². The fourth-order valence-electron chi connectivity index (χ4n) is 1.82. The molecule has 0 spiro atoms. The van der Waals surface area contributed by atoms with Crippen LogP contribution in [0.25, 0.3) is 0 Å². The second-order valence-corrected chi connectivity index (χ2v) is 7.62. The molecule has 2 aromatic rings. The minimum atomic E-state index is 0. The third-order valence-electron chi connectivity index (χ3n) is 2.82. The maximum atomic E-state index is 5.91. The minimum Gasteiger partial charge on any atom is -0.356 e. The highest BCUT2D eigenvalue weighted by atomic mass is 127. The monoisotopic (exact) mass is 470 g/mol. The van der Waals surface area contributed by atoms with Gasteiger partial charge in [0.05, 0.1) is 9.34 Å². The van der Waals surface area contributed by atoms with Crippen LogP contribution in [-0.2, 0) is 12.8 Å². The van der Waals surface area contributed by atoms with Gasteiger partial charge in [-0.1, -0.05) is 11.6 Å². The van der Waals surface area contributed by atoms with E-state index in [1.165, 1.54) is 9.75 Å². The van der Waals surface area contributed by atoms with Crippen molar-refractivity contribution < 1.29 is 0 Å². The normalized spacial score (nSPS) is 11.1. The minimum absolute atomic E-state index is 0. The molecule has 8 heteroatoms. The smallest absolute Gasteiger partial charge is 0.191 e. The maximum absolute atomic E-state index is 5.91. The molecular weight excluding hydrogens is 451 g/mol. The standard InChI is InChI=1S/C14H19ClN4S2.HI/c1-10-9-19-13(20-10)6-8-18-14(16-2)17-7-5-11-3-4-12(15)21-11;/h3-4,9H,5-8H2,1-2H3,(H2,16,17,18);1H. The predicted molar refractivity (Wildman–Crippen MR) is 108 cm³/mol. The number of aryl methyl sites for hydroxylation is 1. The van der Waals surface area contributed by atoms with Gasteiger partial charge in [0, 0.05) is 42.5 Å². The number of hydrogen-bond donors (Lipinski definition) is 2. The molecule has 122 valence electrons. The van der Waals surface area contributed by atoms with Crippen LogP contribution >= 0.6 is 58.3 Å². The highest BCUT2D eigenvalue weighted by Gasteiger charge is 2.02. The van der Waals surface area contributed by atoms with Crippen LogP contribution in [0.5, 0.6) is 0 Å². The highest BCUT2D eigenvalue weighted by Crippen LogP contribution is 2.21. The predicted octanol–water partition coefficient (Wildman–Crippen LogP) is 3.73. The van der Waals surface area contributed by atoms with E-state index < -0.39 is 0 Å². The summed E-state index contributed by atoms with van der Waals surface area (Å²) in [5.74, 6) is 0.825. The Labute approximate surface area is 161 Å². The number of rotatable bonds is 6. The Hall–Kier alpha value is -0.380. The lowest BCUT2D eigenvalue weighted by Gasteiger charge is -2.10. The topological polar surface area (TPSA) is 49.3 Å². The van der Waals surface area contributed by atoms with Gasteiger partial charge in [0.25, 0.3) is 0 Å². The molecule has 22 heavy (non-hydrogen) atoms. The van der Waals surface area contributed by atoms with Crippen molar-refractivity contribution in [2.24, 2.45) is 4.99 Å². The number of hydrogen-bond acceptors (Lipinski definition) is 4. The zero-order chi connectivity index (χ0) is 15.1. The molecule has 2 rings (SSSR count). The molecule has 0 saturated heterocycles. The Kier molecular flexibility index (Phi) is 9.30. The summed E-state index contributed by atoms with van der Waals surface area (Å²) in [5, 5.41) is 7.76. The van der Waals surface area contributed by atoms with Crippen molar-refractivity contribution >= 4 is 64.2 Å². The van der Waals surface area contributed by atoms with Gasteiger partial charge in [-0.3, -0.25) is 4.99 Å². The molecule has 0 unspecified atom stereocenters. The Morgan fingerprint density at radius 1 is 1.23 bits per heavy atom. The molecule has 0 fully saturated rings. The molecule has 2 heterocycles. The van der Waals surface area contributed by atoms with Crippen LogP contribution in [0.2, 0.25) is 4.34 Å². The number of halogens is 2. The zero-order valence-electron chi connectivity index (χ0n) is 12.6. The molecule has 0 saturated carbocycles. The zero-order valence-corrected chi connectivity index (χ0v) is 17.3. The molecule has 0 aliphatic heterocycles. The lowest BCUT2D eigenvalue weighted by Crippen LogP contribution is -2.39. The van der Waals surface area contributed by atoms with Crippen LogP contribution < -0.4 is 10.6 Å². The summed E-state index contributed by atoms with van der Waals surface area (Å²) in [6.07, 6.45) is 3.78. The second-order valence-electron chi connectivity index (χ2n) is 4.50. The Balaban J connectivity index is 0.00000242. The molecular formula is C14H20ClIN4S2. The van der Waals surface area contributed by atoms with Crippen LogP contribution in [0.4, 0.5) is 0 Å². The number of thiazole rings is 1. The lowest BCUT2D eigenvalue weighted by molar-refractivity contribution is 0.785. The van der Waals surface area contributed by atoms with Gasteiger partial charge >= 0.3 is 0 Å². The molecule has 0 aliphatic rings. The molecule has 0 radical (unpaired) electrons. The second kappa shape index (κ2) is 10.4. The molecule has 0 aliphatic carbocycles. The van der Waals surface area contributed by atoms with Gasteiger partial charge in [0.15, 0.2) is 5.96 Å². The summed E-state index contributed by atoms with van der Waals surface area (Å²) in [6, 6.07) is 4.00. The van der Waals surface area contributed by atoms with Crippen molar-refractivity contribution in [2.45, 2.75) is 19.8 Å². The first-order chi connectivity index (χ1) is 10.2. The Bertz CT molecular complexity index is 549. The largest absolute Gasteiger partial charge is 0.356 e. The van der Waals surface area contributed by atoms with Gasteiger partial charge in [-0.05, 0) is 25.5 Å². The third kappa shape index (κ3) is 6.80. The number of aliphatic imine (C=N–C) groups is 1. The lowest BCUT2D eigenvalue weighted by atomic mass is 10.3. The molecule has 0 aromatic carbocycles. The maximum Gasteiger partial charge on any atom is 0.191 e. The number of guanidine groups is 1. The Morgan fingerprint density at radius 2 is 1.95 bits per heavy atom. The van der Waals surface area contributed by atoms with Crippen molar-refractivity contribution in [3.05, 3.63) is 37.4 Å². The first kappa shape index (κ1) is 19.7. The fraction of sp³-hybridized carbons (Fsp3) is 0.429. The summed E-state index contributed by atoms with van der Waals surface area (Å²) in [4.78, 5) is 11.1. The molecule has 2 aromatic heterocycles. The first-order valence-corrected chi connectivity index (χ1v) is 8.78. The van der Waals surface area contributed by atoms with Gasteiger partial charge in [0.1, 0.15) is 0 Å². The molecule has 4 nitrogen and oxygen atoms in total. The van der Waals surface area contributed by atoms with E-state index in [-0.39, 0.29) is 24.0 Å². The van der Waals surface area contributed by atoms with Crippen LogP contribution in [0, 0.1) is 6.92 Å². The molecule has 0 atom stereocenters. The number of nitrogens with one attached hydrogen (secondary N) is 2. The summed E-state index contributed by atoms with van der Waals surface area (Å²) in [7, 11) is 1.78. The van der Waals surface area contributed by atoms with Crippen LogP contribution in [0.15, 0.2) is 23.3 Å². The molecule has 2 N–H and O–H groups in total. The molecule has 0 bridgehead atoms.